The molecule has 2 aromatic rings. The standard InChI is InChI=1S/C13H10Br2N2O/c14-10-3-1-9(2-4-10)7-13(18)17-12-5-6-16-8-11(12)15/h1-6,8H,7H2,(H,16,17,18). The van der Waals surface area contributed by atoms with Crippen molar-refractivity contribution in [2.75, 3.05) is 5.32 Å². The topological polar surface area (TPSA) is 42.0 Å². The molecule has 0 aliphatic heterocycles. The lowest BCUT2D eigenvalue weighted by atomic mass is 10.1. The average molecular weight is 370 g/mol. The normalized spacial score (nSPS) is 10.1. The molecule has 1 aromatic carbocycles. The Hall–Kier alpha value is -1.20. The Morgan fingerprint density at radius 3 is 2.56 bits per heavy atom. The molecule has 3 nitrogen and oxygen atoms in total. The molecule has 18 heavy (non-hydrogen) atoms. The quantitative estimate of drug-likeness (QED) is 0.894. The predicted octanol–water partition coefficient (Wildman–Crippen LogP) is 3.79. The molecular formula is C13H10Br2N2O. The van der Waals surface area contributed by atoms with E-state index < -0.39 is 0 Å². The maximum atomic E-state index is 11.9. The number of benzene rings is 1. The molecule has 1 N–H and O–H groups in total. The summed E-state index contributed by atoms with van der Waals surface area (Å²) in [4.78, 5) is 15.8. The molecule has 0 radical (unpaired) electrons. The number of pyridine rings is 1. The van der Waals surface area contributed by atoms with E-state index in [1.165, 1.54) is 0 Å². The van der Waals surface area contributed by atoms with Gasteiger partial charge in [-0.05, 0) is 39.7 Å². The first-order valence-corrected chi connectivity index (χ1v) is 6.87. The molecule has 0 saturated heterocycles. The second-order valence-corrected chi connectivity index (χ2v) is 5.48. The highest BCUT2D eigenvalue weighted by Crippen LogP contribution is 2.20. The van der Waals surface area contributed by atoms with Crippen LogP contribution in [-0.2, 0) is 11.2 Å². The summed E-state index contributed by atoms with van der Waals surface area (Å²) in [6, 6.07) is 9.44. The minimum absolute atomic E-state index is 0.0516. The van der Waals surface area contributed by atoms with Crippen LogP contribution in [-0.4, -0.2) is 10.9 Å². The lowest BCUT2D eigenvalue weighted by Gasteiger charge is -2.06. The van der Waals surface area contributed by atoms with Gasteiger partial charge >= 0.3 is 0 Å². The highest BCUT2D eigenvalue weighted by atomic mass is 79.9. The van der Waals surface area contributed by atoms with Gasteiger partial charge in [0.25, 0.3) is 0 Å². The zero-order valence-electron chi connectivity index (χ0n) is 9.36. The number of nitrogens with one attached hydrogen (secondary N) is 1. The third kappa shape index (κ3) is 3.65. The van der Waals surface area contributed by atoms with Crippen molar-refractivity contribution in [3.05, 3.63) is 57.2 Å². The summed E-state index contributed by atoms with van der Waals surface area (Å²) in [5.41, 5.74) is 1.70. The summed E-state index contributed by atoms with van der Waals surface area (Å²) in [7, 11) is 0. The molecule has 0 spiro atoms. The van der Waals surface area contributed by atoms with Gasteiger partial charge in [0.15, 0.2) is 0 Å². The number of nitrogens with zero attached hydrogens (tertiary/aromatic N) is 1. The van der Waals surface area contributed by atoms with Crippen molar-refractivity contribution < 1.29 is 4.79 Å². The molecular weight excluding hydrogens is 360 g/mol. The van der Waals surface area contributed by atoms with E-state index in [0.717, 1.165) is 20.2 Å². The van der Waals surface area contributed by atoms with Gasteiger partial charge < -0.3 is 5.32 Å². The van der Waals surface area contributed by atoms with Crippen LogP contribution in [0.15, 0.2) is 51.7 Å². The van der Waals surface area contributed by atoms with Crippen molar-refractivity contribution in [3.8, 4) is 0 Å². The van der Waals surface area contributed by atoms with E-state index >= 15 is 0 Å². The molecule has 2 rings (SSSR count). The highest BCUT2D eigenvalue weighted by molar-refractivity contribution is 9.10. The van der Waals surface area contributed by atoms with Gasteiger partial charge in [0.05, 0.1) is 16.6 Å². The zero-order valence-corrected chi connectivity index (χ0v) is 12.5. The summed E-state index contributed by atoms with van der Waals surface area (Å²) in [5, 5.41) is 2.84. The lowest BCUT2D eigenvalue weighted by molar-refractivity contribution is -0.115. The predicted molar refractivity (Wildman–Crippen MR) is 78.4 cm³/mol. The first kappa shape index (κ1) is 13.2. The molecule has 0 aliphatic carbocycles. The number of aromatic nitrogens is 1. The number of anilines is 1. The van der Waals surface area contributed by atoms with Crippen LogP contribution < -0.4 is 5.32 Å². The molecule has 0 atom stereocenters. The molecule has 1 amide bonds. The number of halogens is 2. The number of amides is 1. The number of hydrogen-bond donors (Lipinski definition) is 1. The van der Waals surface area contributed by atoms with Crippen molar-refractivity contribution in [2.24, 2.45) is 0 Å². The fourth-order valence-electron chi connectivity index (χ4n) is 1.46. The fourth-order valence-corrected chi connectivity index (χ4v) is 2.07. The Labute approximate surface area is 122 Å². The molecule has 5 heteroatoms. The first-order chi connectivity index (χ1) is 8.65. The summed E-state index contributed by atoms with van der Waals surface area (Å²) in [6.45, 7) is 0. The van der Waals surface area contributed by atoms with E-state index in [9.17, 15) is 4.79 Å². The van der Waals surface area contributed by atoms with Crippen LogP contribution in [0.25, 0.3) is 0 Å². The molecule has 1 heterocycles. The van der Waals surface area contributed by atoms with E-state index in [2.05, 4.69) is 42.2 Å². The maximum Gasteiger partial charge on any atom is 0.228 e. The van der Waals surface area contributed by atoms with E-state index in [-0.39, 0.29) is 5.91 Å². The molecule has 92 valence electrons. The SMILES string of the molecule is O=C(Cc1ccc(Br)cc1)Nc1ccncc1Br. The van der Waals surface area contributed by atoms with Crippen molar-refractivity contribution in [3.63, 3.8) is 0 Å². The largest absolute Gasteiger partial charge is 0.325 e. The van der Waals surface area contributed by atoms with E-state index in [1.54, 1.807) is 18.5 Å². The van der Waals surface area contributed by atoms with Crippen LogP contribution in [0.4, 0.5) is 5.69 Å². The zero-order chi connectivity index (χ0) is 13.0. The number of rotatable bonds is 3. The van der Waals surface area contributed by atoms with Crippen molar-refractivity contribution >= 4 is 43.5 Å². The maximum absolute atomic E-state index is 11.9. The minimum atomic E-state index is -0.0516. The second-order valence-electron chi connectivity index (χ2n) is 3.71. The molecule has 0 aliphatic rings. The Balaban J connectivity index is 2.01. The van der Waals surface area contributed by atoms with E-state index in [4.69, 9.17) is 0 Å². The number of hydrogen-bond acceptors (Lipinski definition) is 2. The highest BCUT2D eigenvalue weighted by Gasteiger charge is 2.06. The van der Waals surface area contributed by atoms with Gasteiger partial charge in [-0.15, -0.1) is 0 Å². The first-order valence-electron chi connectivity index (χ1n) is 5.29. The summed E-state index contributed by atoms with van der Waals surface area (Å²) >= 11 is 6.70. The Kier molecular flexibility index (Phi) is 4.49. The van der Waals surface area contributed by atoms with Crippen LogP contribution in [0.3, 0.4) is 0 Å². The van der Waals surface area contributed by atoms with Crippen molar-refractivity contribution in [2.45, 2.75) is 6.42 Å². The molecule has 0 bridgehead atoms. The smallest absolute Gasteiger partial charge is 0.228 e. The van der Waals surface area contributed by atoms with E-state index in [0.29, 0.717) is 6.42 Å². The molecule has 1 aromatic heterocycles. The summed E-state index contributed by atoms with van der Waals surface area (Å²) in [5.74, 6) is -0.0516. The van der Waals surface area contributed by atoms with Crippen LogP contribution in [0.1, 0.15) is 5.56 Å². The lowest BCUT2D eigenvalue weighted by Crippen LogP contribution is -2.14. The van der Waals surface area contributed by atoms with Crippen molar-refractivity contribution in [1.82, 2.24) is 4.98 Å². The number of carbonyl (C=O) groups excluding carboxylic acids is 1. The van der Waals surface area contributed by atoms with Gasteiger partial charge in [-0.3, -0.25) is 9.78 Å². The van der Waals surface area contributed by atoms with Gasteiger partial charge in [-0.25, -0.2) is 0 Å². The van der Waals surface area contributed by atoms with Crippen LogP contribution in [0.5, 0.6) is 0 Å². The van der Waals surface area contributed by atoms with E-state index in [1.807, 2.05) is 24.3 Å². The van der Waals surface area contributed by atoms with Crippen LogP contribution in [0, 0.1) is 0 Å². The van der Waals surface area contributed by atoms with Gasteiger partial charge in [-0.2, -0.15) is 0 Å². The van der Waals surface area contributed by atoms with Crippen LogP contribution in [0.2, 0.25) is 0 Å². The summed E-state index contributed by atoms with van der Waals surface area (Å²) in [6.07, 6.45) is 3.64. The second kappa shape index (κ2) is 6.11. The fraction of sp³-hybridized carbons (Fsp3) is 0.0769. The third-order valence-corrected chi connectivity index (χ3v) is 3.49. The monoisotopic (exact) mass is 368 g/mol. The molecule has 0 unspecified atom stereocenters. The summed E-state index contributed by atoms with van der Waals surface area (Å²) < 4.78 is 1.78. The Morgan fingerprint density at radius 1 is 1.17 bits per heavy atom. The van der Waals surface area contributed by atoms with Crippen LogP contribution >= 0.6 is 31.9 Å². The molecule has 0 saturated carbocycles. The Bertz CT molecular complexity index is 555. The Morgan fingerprint density at radius 2 is 1.89 bits per heavy atom. The van der Waals surface area contributed by atoms with Crippen molar-refractivity contribution in [1.29, 1.82) is 0 Å². The minimum Gasteiger partial charge on any atom is -0.325 e. The molecule has 0 fully saturated rings. The average Bonchev–Trinajstić information content (AvgIpc) is 2.35. The van der Waals surface area contributed by atoms with Gasteiger partial charge in [0, 0.05) is 16.9 Å². The van der Waals surface area contributed by atoms with Gasteiger partial charge in [0.2, 0.25) is 5.91 Å². The number of carbonyl (C=O) groups is 1. The van der Waals surface area contributed by atoms with Gasteiger partial charge in [0.1, 0.15) is 0 Å². The van der Waals surface area contributed by atoms with Gasteiger partial charge in [-0.1, -0.05) is 28.1 Å². The third-order valence-electron chi connectivity index (χ3n) is 2.32.